The molecular formula is C7H9BrN4. The average Bonchev–Trinajstić information content (AvgIpc) is 2.72. The normalized spacial score (nSPS) is 26.8. The summed E-state index contributed by atoms with van der Waals surface area (Å²) in [6.07, 6.45) is 4.25. The van der Waals surface area contributed by atoms with Gasteiger partial charge in [0.2, 0.25) is 0 Å². The molecule has 0 saturated heterocycles. The van der Waals surface area contributed by atoms with Gasteiger partial charge < -0.3 is 11.1 Å². The van der Waals surface area contributed by atoms with Crippen LogP contribution >= 0.6 is 15.9 Å². The van der Waals surface area contributed by atoms with Gasteiger partial charge in [-0.1, -0.05) is 0 Å². The Labute approximate surface area is 78.7 Å². The highest BCUT2D eigenvalue weighted by molar-refractivity contribution is 9.10. The standard InChI is InChI=1S/C7H9BrN4/c8-4-2-10-3-11-7(4)12-6-1-5(6)9/h2-3,5-6H,1,9H2,(H,10,11,12). The van der Waals surface area contributed by atoms with Gasteiger partial charge in [-0.15, -0.1) is 0 Å². The van der Waals surface area contributed by atoms with E-state index in [9.17, 15) is 0 Å². The summed E-state index contributed by atoms with van der Waals surface area (Å²) in [4.78, 5) is 7.93. The molecule has 0 amide bonds. The maximum Gasteiger partial charge on any atom is 0.144 e. The van der Waals surface area contributed by atoms with Crippen LogP contribution < -0.4 is 11.1 Å². The highest BCUT2D eigenvalue weighted by Crippen LogP contribution is 2.26. The largest absolute Gasteiger partial charge is 0.365 e. The number of rotatable bonds is 2. The van der Waals surface area contributed by atoms with Gasteiger partial charge in [-0.2, -0.15) is 0 Å². The minimum atomic E-state index is 0.284. The van der Waals surface area contributed by atoms with Gasteiger partial charge in [0.05, 0.1) is 4.47 Å². The number of hydrogen-bond acceptors (Lipinski definition) is 4. The van der Waals surface area contributed by atoms with E-state index in [4.69, 9.17) is 5.73 Å². The molecule has 12 heavy (non-hydrogen) atoms. The van der Waals surface area contributed by atoms with Gasteiger partial charge in [-0.05, 0) is 22.4 Å². The van der Waals surface area contributed by atoms with Crippen molar-refractivity contribution < 1.29 is 0 Å². The lowest BCUT2D eigenvalue weighted by Gasteiger charge is -2.04. The molecule has 2 atom stereocenters. The second kappa shape index (κ2) is 2.99. The second-order valence-corrected chi connectivity index (χ2v) is 3.72. The number of halogens is 1. The van der Waals surface area contributed by atoms with Crippen LogP contribution in [0.5, 0.6) is 0 Å². The molecule has 2 unspecified atom stereocenters. The van der Waals surface area contributed by atoms with Crippen LogP contribution in [-0.2, 0) is 0 Å². The summed E-state index contributed by atoms with van der Waals surface area (Å²) >= 11 is 3.34. The fourth-order valence-corrected chi connectivity index (χ4v) is 1.31. The molecule has 1 aromatic rings. The number of aromatic nitrogens is 2. The first-order chi connectivity index (χ1) is 5.77. The minimum absolute atomic E-state index is 0.284. The van der Waals surface area contributed by atoms with Crippen molar-refractivity contribution in [2.75, 3.05) is 5.32 Å². The van der Waals surface area contributed by atoms with E-state index >= 15 is 0 Å². The average molecular weight is 229 g/mol. The predicted molar refractivity (Wildman–Crippen MR) is 49.7 cm³/mol. The molecular weight excluding hydrogens is 220 g/mol. The second-order valence-electron chi connectivity index (χ2n) is 2.87. The number of hydrogen-bond donors (Lipinski definition) is 2. The summed E-state index contributed by atoms with van der Waals surface area (Å²) in [5, 5.41) is 3.21. The SMILES string of the molecule is NC1CC1Nc1ncncc1Br. The lowest BCUT2D eigenvalue weighted by Crippen LogP contribution is -2.14. The molecule has 0 radical (unpaired) electrons. The molecule has 2 rings (SSSR count). The summed E-state index contributed by atoms with van der Waals surface area (Å²) in [7, 11) is 0. The number of nitrogens with two attached hydrogens (primary N) is 1. The highest BCUT2D eigenvalue weighted by atomic mass is 79.9. The molecule has 1 heterocycles. The topological polar surface area (TPSA) is 63.8 Å². The first-order valence-corrected chi connectivity index (χ1v) is 4.54. The van der Waals surface area contributed by atoms with Crippen LogP contribution in [-0.4, -0.2) is 22.1 Å². The Bertz CT molecular complexity index is 290. The summed E-state index contributed by atoms with van der Waals surface area (Å²) in [5.74, 6) is 0.822. The first-order valence-electron chi connectivity index (χ1n) is 3.75. The van der Waals surface area contributed by atoms with Crippen LogP contribution in [0.1, 0.15) is 6.42 Å². The van der Waals surface area contributed by atoms with Crippen LogP contribution in [0.25, 0.3) is 0 Å². The molecule has 1 saturated carbocycles. The summed E-state index contributed by atoms with van der Waals surface area (Å²) in [5.41, 5.74) is 5.64. The van der Waals surface area contributed by atoms with Crippen LogP contribution in [0.3, 0.4) is 0 Å². The Morgan fingerprint density at radius 3 is 3.00 bits per heavy atom. The van der Waals surface area contributed by atoms with E-state index in [1.807, 2.05) is 0 Å². The monoisotopic (exact) mass is 228 g/mol. The van der Waals surface area contributed by atoms with Gasteiger partial charge in [-0.25, -0.2) is 9.97 Å². The molecule has 1 aliphatic carbocycles. The first kappa shape index (κ1) is 7.94. The molecule has 1 fully saturated rings. The van der Waals surface area contributed by atoms with Crippen LogP contribution in [0.15, 0.2) is 17.0 Å². The summed E-state index contributed by atoms with van der Waals surface area (Å²) < 4.78 is 0.879. The maximum absolute atomic E-state index is 5.64. The number of nitrogens with one attached hydrogen (secondary N) is 1. The van der Waals surface area contributed by atoms with E-state index in [0.717, 1.165) is 16.7 Å². The zero-order valence-electron chi connectivity index (χ0n) is 6.37. The van der Waals surface area contributed by atoms with E-state index in [1.165, 1.54) is 6.33 Å². The minimum Gasteiger partial charge on any atom is -0.365 e. The smallest absolute Gasteiger partial charge is 0.144 e. The third-order valence-corrected chi connectivity index (χ3v) is 2.41. The van der Waals surface area contributed by atoms with Gasteiger partial charge in [0.25, 0.3) is 0 Å². The molecule has 4 nitrogen and oxygen atoms in total. The Morgan fingerprint density at radius 2 is 2.42 bits per heavy atom. The zero-order chi connectivity index (χ0) is 8.55. The van der Waals surface area contributed by atoms with Gasteiger partial charge in [0.1, 0.15) is 12.1 Å². The van der Waals surface area contributed by atoms with Crippen molar-refractivity contribution in [3.63, 3.8) is 0 Å². The fourth-order valence-electron chi connectivity index (χ4n) is 0.975. The van der Waals surface area contributed by atoms with Crippen molar-refractivity contribution in [2.45, 2.75) is 18.5 Å². The molecule has 5 heteroatoms. The van der Waals surface area contributed by atoms with Crippen LogP contribution in [0, 0.1) is 0 Å². The van der Waals surface area contributed by atoms with E-state index in [2.05, 4.69) is 31.2 Å². The van der Waals surface area contributed by atoms with Crippen LogP contribution in [0.2, 0.25) is 0 Å². The quantitative estimate of drug-likeness (QED) is 0.785. The molecule has 0 aliphatic heterocycles. The zero-order valence-corrected chi connectivity index (χ0v) is 7.95. The molecule has 3 N–H and O–H groups in total. The Kier molecular flexibility index (Phi) is 1.98. The molecule has 1 aromatic heterocycles. The molecule has 0 aromatic carbocycles. The highest BCUT2D eigenvalue weighted by Gasteiger charge is 2.33. The summed E-state index contributed by atoms with van der Waals surface area (Å²) in [6, 6.07) is 0.670. The Morgan fingerprint density at radius 1 is 1.67 bits per heavy atom. The van der Waals surface area contributed by atoms with Gasteiger partial charge in [0.15, 0.2) is 0 Å². The van der Waals surface area contributed by atoms with Crippen molar-refractivity contribution in [3.05, 3.63) is 17.0 Å². The maximum atomic E-state index is 5.64. The van der Waals surface area contributed by atoms with Crippen LogP contribution in [0.4, 0.5) is 5.82 Å². The van der Waals surface area contributed by atoms with Gasteiger partial charge in [0, 0.05) is 18.3 Å². The van der Waals surface area contributed by atoms with E-state index in [1.54, 1.807) is 6.20 Å². The molecule has 0 bridgehead atoms. The number of nitrogens with zero attached hydrogens (tertiary/aromatic N) is 2. The Balaban J connectivity index is 2.08. The fraction of sp³-hybridized carbons (Fsp3) is 0.429. The lowest BCUT2D eigenvalue weighted by molar-refractivity contribution is 0.988. The van der Waals surface area contributed by atoms with Gasteiger partial charge >= 0.3 is 0 Å². The van der Waals surface area contributed by atoms with Crippen molar-refractivity contribution in [2.24, 2.45) is 5.73 Å². The molecule has 64 valence electrons. The Hall–Kier alpha value is -0.680. The lowest BCUT2D eigenvalue weighted by atomic mass is 10.5. The third kappa shape index (κ3) is 1.56. The van der Waals surface area contributed by atoms with E-state index in [-0.39, 0.29) is 6.04 Å². The van der Waals surface area contributed by atoms with Crippen molar-refractivity contribution in [1.29, 1.82) is 0 Å². The number of anilines is 1. The van der Waals surface area contributed by atoms with E-state index in [0.29, 0.717) is 6.04 Å². The third-order valence-electron chi connectivity index (χ3n) is 1.83. The molecule has 1 aliphatic rings. The van der Waals surface area contributed by atoms with Crippen molar-refractivity contribution in [3.8, 4) is 0 Å². The summed E-state index contributed by atoms with van der Waals surface area (Å²) in [6.45, 7) is 0. The molecule has 0 spiro atoms. The van der Waals surface area contributed by atoms with E-state index < -0.39 is 0 Å². The van der Waals surface area contributed by atoms with Gasteiger partial charge in [-0.3, -0.25) is 0 Å². The van der Waals surface area contributed by atoms with Crippen molar-refractivity contribution >= 4 is 21.7 Å². The predicted octanol–water partition coefficient (Wildman–Crippen LogP) is 0.751. The van der Waals surface area contributed by atoms with Crippen molar-refractivity contribution in [1.82, 2.24) is 9.97 Å².